The molecule has 1 amide bonds. The van der Waals surface area contributed by atoms with Gasteiger partial charge in [-0.05, 0) is 31.2 Å². The van der Waals surface area contributed by atoms with Crippen molar-refractivity contribution in [3.63, 3.8) is 0 Å². The summed E-state index contributed by atoms with van der Waals surface area (Å²) in [6.45, 7) is 1.74. The number of hydrogen-bond acceptors (Lipinski definition) is 4. The molecule has 0 aromatic carbocycles. The lowest BCUT2D eigenvalue weighted by Crippen LogP contribution is -2.40. The number of rotatable bonds is 4. The number of carbonyl (C=O) groups excluding carboxylic acids is 1. The van der Waals surface area contributed by atoms with Crippen molar-refractivity contribution in [1.82, 2.24) is 9.88 Å². The van der Waals surface area contributed by atoms with Crippen LogP contribution in [0, 0.1) is 5.92 Å². The van der Waals surface area contributed by atoms with Crippen LogP contribution in [-0.4, -0.2) is 47.6 Å². The van der Waals surface area contributed by atoms with Crippen molar-refractivity contribution in [1.29, 1.82) is 0 Å². The number of anilines is 1. The monoisotopic (exact) mass is 263 g/mol. The summed E-state index contributed by atoms with van der Waals surface area (Å²) in [5.74, 6) is 0.469. The SMILES string of the molecule is CNc1cnccc1C(=O)N1CCCC(CCO)C1. The third-order valence-corrected chi connectivity index (χ3v) is 3.66. The van der Waals surface area contributed by atoms with Gasteiger partial charge >= 0.3 is 0 Å². The van der Waals surface area contributed by atoms with Crippen molar-refractivity contribution in [2.24, 2.45) is 5.92 Å². The van der Waals surface area contributed by atoms with Gasteiger partial charge in [-0.2, -0.15) is 0 Å². The molecule has 1 unspecified atom stereocenters. The number of aromatic nitrogens is 1. The number of likely N-dealkylation sites (tertiary alicyclic amines) is 1. The van der Waals surface area contributed by atoms with Crippen molar-refractivity contribution >= 4 is 11.6 Å². The van der Waals surface area contributed by atoms with Crippen LogP contribution in [0.15, 0.2) is 18.5 Å². The molecule has 5 nitrogen and oxygen atoms in total. The maximum Gasteiger partial charge on any atom is 0.256 e. The molecule has 104 valence electrons. The Kier molecular flexibility index (Phi) is 4.74. The molecule has 2 rings (SSSR count). The molecule has 0 bridgehead atoms. The predicted molar refractivity (Wildman–Crippen MR) is 74.1 cm³/mol. The molecule has 19 heavy (non-hydrogen) atoms. The Morgan fingerprint density at radius 3 is 3.21 bits per heavy atom. The van der Waals surface area contributed by atoms with Gasteiger partial charge in [0.15, 0.2) is 0 Å². The maximum atomic E-state index is 12.5. The smallest absolute Gasteiger partial charge is 0.256 e. The first kappa shape index (κ1) is 13.8. The van der Waals surface area contributed by atoms with Crippen LogP contribution >= 0.6 is 0 Å². The summed E-state index contributed by atoms with van der Waals surface area (Å²) < 4.78 is 0. The summed E-state index contributed by atoms with van der Waals surface area (Å²) >= 11 is 0. The van der Waals surface area contributed by atoms with Gasteiger partial charge in [0.1, 0.15) is 0 Å². The predicted octanol–water partition coefficient (Wildman–Crippen LogP) is 1.36. The average molecular weight is 263 g/mol. The van der Waals surface area contributed by atoms with Crippen LogP contribution in [0.25, 0.3) is 0 Å². The first-order valence-corrected chi connectivity index (χ1v) is 6.78. The molecule has 0 saturated carbocycles. The molecular weight excluding hydrogens is 242 g/mol. The van der Waals surface area contributed by atoms with Gasteiger partial charge in [-0.3, -0.25) is 9.78 Å². The van der Waals surface area contributed by atoms with E-state index >= 15 is 0 Å². The number of hydrogen-bond donors (Lipinski definition) is 2. The van der Waals surface area contributed by atoms with Gasteiger partial charge in [-0.15, -0.1) is 0 Å². The number of amides is 1. The van der Waals surface area contributed by atoms with Crippen molar-refractivity contribution < 1.29 is 9.90 Å². The molecule has 1 fully saturated rings. The summed E-state index contributed by atoms with van der Waals surface area (Å²) in [6, 6.07) is 1.75. The van der Waals surface area contributed by atoms with Gasteiger partial charge < -0.3 is 15.3 Å². The molecule has 2 heterocycles. The zero-order chi connectivity index (χ0) is 13.7. The minimum absolute atomic E-state index is 0.0504. The van der Waals surface area contributed by atoms with E-state index in [-0.39, 0.29) is 12.5 Å². The summed E-state index contributed by atoms with van der Waals surface area (Å²) in [6.07, 6.45) is 6.20. The van der Waals surface area contributed by atoms with Gasteiger partial charge in [-0.25, -0.2) is 0 Å². The molecule has 0 radical (unpaired) electrons. The van der Waals surface area contributed by atoms with Gasteiger partial charge in [0.05, 0.1) is 17.4 Å². The topological polar surface area (TPSA) is 65.5 Å². The van der Waals surface area contributed by atoms with E-state index in [0.717, 1.165) is 38.0 Å². The average Bonchev–Trinajstić information content (AvgIpc) is 2.47. The highest BCUT2D eigenvalue weighted by Crippen LogP contribution is 2.23. The van der Waals surface area contributed by atoms with Crippen molar-refractivity contribution in [3.8, 4) is 0 Å². The standard InChI is InChI=1S/C14H21N3O2/c1-15-13-9-16-6-4-12(13)14(19)17-7-2-3-11(10-17)5-8-18/h4,6,9,11,15,18H,2-3,5,7-8,10H2,1H3. The van der Waals surface area contributed by atoms with E-state index in [1.807, 2.05) is 4.90 Å². The van der Waals surface area contributed by atoms with Gasteiger partial charge in [0.2, 0.25) is 0 Å². The number of piperidine rings is 1. The maximum absolute atomic E-state index is 12.5. The Hall–Kier alpha value is -1.62. The van der Waals surface area contributed by atoms with Gasteiger partial charge in [0, 0.05) is 32.9 Å². The lowest BCUT2D eigenvalue weighted by molar-refractivity contribution is 0.0654. The van der Waals surface area contributed by atoms with Gasteiger partial charge in [-0.1, -0.05) is 0 Å². The van der Waals surface area contributed by atoms with E-state index in [2.05, 4.69) is 10.3 Å². The Morgan fingerprint density at radius 2 is 2.47 bits per heavy atom. The van der Waals surface area contributed by atoms with E-state index in [4.69, 9.17) is 5.11 Å². The molecule has 2 N–H and O–H groups in total. The van der Waals surface area contributed by atoms with Crippen molar-refractivity contribution in [3.05, 3.63) is 24.0 Å². The largest absolute Gasteiger partial charge is 0.396 e. The van der Waals surface area contributed by atoms with E-state index < -0.39 is 0 Å². The molecule has 1 atom stereocenters. The number of aliphatic hydroxyl groups is 1. The molecule has 5 heteroatoms. The summed E-state index contributed by atoms with van der Waals surface area (Å²) in [5.41, 5.74) is 1.43. The minimum Gasteiger partial charge on any atom is -0.396 e. The molecule has 0 aliphatic carbocycles. The quantitative estimate of drug-likeness (QED) is 0.861. The van der Waals surface area contributed by atoms with Crippen LogP contribution in [0.1, 0.15) is 29.6 Å². The lowest BCUT2D eigenvalue weighted by atomic mass is 9.94. The second-order valence-electron chi connectivity index (χ2n) is 4.94. The fourth-order valence-electron chi connectivity index (χ4n) is 2.62. The zero-order valence-corrected chi connectivity index (χ0v) is 11.3. The van der Waals surface area contributed by atoms with E-state index in [9.17, 15) is 4.79 Å². The third kappa shape index (κ3) is 3.23. The summed E-state index contributed by atoms with van der Waals surface area (Å²) in [4.78, 5) is 18.4. The van der Waals surface area contributed by atoms with Crippen molar-refractivity contribution in [2.75, 3.05) is 32.1 Å². The second kappa shape index (κ2) is 6.52. The molecule has 1 aromatic rings. The van der Waals surface area contributed by atoms with Crippen LogP contribution in [0.4, 0.5) is 5.69 Å². The Bertz CT molecular complexity index is 434. The van der Waals surface area contributed by atoms with Crippen LogP contribution in [0.2, 0.25) is 0 Å². The highest BCUT2D eigenvalue weighted by atomic mass is 16.3. The fourth-order valence-corrected chi connectivity index (χ4v) is 2.62. The highest BCUT2D eigenvalue weighted by molar-refractivity contribution is 5.99. The van der Waals surface area contributed by atoms with Crippen LogP contribution < -0.4 is 5.32 Å². The normalized spacial score (nSPS) is 19.3. The Labute approximate surface area is 113 Å². The van der Waals surface area contributed by atoms with Crippen LogP contribution in [0.3, 0.4) is 0 Å². The molecule has 0 spiro atoms. The van der Waals surface area contributed by atoms with Crippen molar-refractivity contribution in [2.45, 2.75) is 19.3 Å². The molecule has 1 aliphatic heterocycles. The van der Waals surface area contributed by atoms with E-state index in [1.54, 1.807) is 25.5 Å². The number of aliphatic hydroxyl groups excluding tert-OH is 1. The van der Waals surface area contributed by atoms with E-state index in [0.29, 0.717) is 11.5 Å². The minimum atomic E-state index is 0.0504. The summed E-state index contributed by atoms with van der Waals surface area (Å²) in [5, 5.41) is 12.0. The lowest BCUT2D eigenvalue weighted by Gasteiger charge is -2.33. The number of nitrogens with one attached hydrogen (secondary N) is 1. The number of nitrogens with zero attached hydrogens (tertiary/aromatic N) is 2. The Morgan fingerprint density at radius 1 is 1.63 bits per heavy atom. The van der Waals surface area contributed by atoms with Crippen LogP contribution in [0.5, 0.6) is 0 Å². The van der Waals surface area contributed by atoms with Crippen LogP contribution in [-0.2, 0) is 0 Å². The number of carbonyl (C=O) groups is 1. The molecule has 1 aliphatic rings. The summed E-state index contributed by atoms with van der Waals surface area (Å²) in [7, 11) is 1.79. The zero-order valence-electron chi connectivity index (χ0n) is 11.3. The van der Waals surface area contributed by atoms with Gasteiger partial charge in [0.25, 0.3) is 5.91 Å². The third-order valence-electron chi connectivity index (χ3n) is 3.66. The molecular formula is C14H21N3O2. The first-order valence-electron chi connectivity index (χ1n) is 6.78. The highest BCUT2D eigenvalue weighted by Gasteiger charge is 2.25. The second-order valence-corrected chi connectivity index (χ2v) is 4.94. The van der Waals surface area contributed by atoms with E-state index in [1.165, 1.54) is 0 Å². The number of pyridine rings is 1. The first-order chi connectivity index (χ1) is 9.26. The fraction of sp³-hybridized carbons (Fsp3) is 0.571. The Balaban J connectivity index is 2.10. The molecule has 1 aromatic heterocycles. The molecule has 1 saturated heterocycles.